The van der Waals surface area contributed by atoms with Crippen LogP contribution in [0.2, 0.25) is 0 Å². The van der Waals surface area contributed by atoms with E-state index >= 15 is 0 Å². The Morgan fingerprint density at radius 2 is 2.50 bits per heavy atom. The van der Waals surface area contributed by atoms with Crippen LogP contribution in [0.15, 0.2) is 11.8 Å². The van der Waals surface area contributed by atoms with Crippen molar-refractivity contribution in [2.75, 3.05) is 6.61 Å². The first-order valence-corrected chi connectivity index (χ1v) is 2.28. The third-order valence-corrected chi connectivity index (χ3v) is 0.774. The third-order valence-electron chi connectivity index (χ3n) is 0.774. The molecule has 1 aliphatic heterocycles. The van der Waals surface area contributed by atoms with Gasteiger partial charge >= 0.3 is 6.16 Å². The summed E-state index contributed by atoms with van der Waals surface area (Å²) < 4.78 is 8.83. The summed E-state index contributed by atoms with van der Waals surface area (Å²) in [5.41, 5.74) is 0.921. The molecule has 0 bridgehead atoms. The van der Waals surface area contributed by atoms with E-state index in [0.717, 1.165) is 5.57 Å². The molecule has 3 nitrogen and oxygen atoms in total. The molecule has 0 saturated carbocycles. The molecule has 1 aliphatic rings. The average Bonchev–Trinajstić information content (AvgIpc) is 1.77. The second kappa shape index (κ2) is 1.86. The van der Waals surface area contributed by atoms with E-state index in [1.165, 1.54) is 6.26 Å². The summed E-state index contributed by atoms with van der Waals surface area (Å²) in [6.45, 7) is 2.19. The van der Waals surface area contributed by atoms with Gasteiger partial charge in [-0.2, -0.15) is 0 Å². The number of carbonyl (C=O) groups excluding carboxylic acids is 1. The van der Waals surface area contributed by atoms with Crippen molar-refractivity contribution in [3.63, 3.8) is 0 Å². The molecular formula is C5H6O3. The summed E-state index contributed by atoms with van der Waals surface area (Å²) in [7, 11) is 0. The molecule has 0 aliphatic carbocycles. The van der Waals surface area contributed by atoms with Gasteiger partial charge in [-0.05, 0) is 12.5 Å². The SMILES string of the molecule is CC1=COC(=O)OC1. The molecule has 0 amide bonds. The van der Waals surface area contributed by atoms with E-state index in [4.69, 9.17) is 0 Å². The number of hydrogen-bond donors (Lipinski definition) is 0. The number of cyclic esters (lactones) is 2. The van der Waals surface area contributed by atoms with Gasteiger partial charge in [-0.3, -0.25) is 0 Å². The topological polar surface area (TPSA) is 35.5 Å². The minimum Gasteiger partial charge on any atom is -0.429 e. The Bertz CT molecular complexity index is 137. The first kappa shape index (κ1) is 5.15. The van der Waals surface area contributed by atoms with Crippen molar-refractivity contribution in [3.8, 4) is 0 Å². The zero-order chi connectivity index (χ0) is 5.98. The lowest BCUT2D eigenvalue weighted by molar-refractivity contribution is 0.0791. The van der Waals surface area contributed by atoms with Crippen LogP contribution >= 0.6 is 0 Å². The summed E-state index contributed by atoms with van der Waals surface area (Å²) in [6.07, 6.45) is 0.779. The molecule has 8 heavy (non-hydrogen) atoms. The highest BCUT2D eigenvalue weighted by Crippen LogP contribution is 2.02. The number of hydrogen-bond acceptors (Lipinski definition) is 3. The highest BCUT2D eigenvalue weighted by Gasteiger charge is 2.07. The summed E-state index contributed by atoms with van der Waals surface area (Å²) in [5.74, 6) is 0. The van der Waals surface area contributed by atoms with Crippen molar-refractivity contribution in [2.24, 2.45) is 0 Å². The second-order valence-corrected chi connectivity index (χ2v) is 1.62. The van der Waals surface area contributed by atoms with Crippen molar-refractivity contribution in [1.29, 1.82) is 0 Å². The average molecular weight is 114 g/mol. The molecular weight excluding hydrogens is 108 g/mol. The van der Waals surface area contributed by atoms with Crippen LogP contribution in [0.3, 0.4) is 0 Å². The molecule has 0 radical (unpaired) electrons. The van der Waals surface area contributed by atoms with Crippen LogP contribution in [-0.4, -0.2) is 12.8 Å². The maximum absolute atomic E-state index is 10.1. The Morgan fingerprint density at radius 3 is 2.88 bits per heavy atom. The number of rotatable bonds is 0. The summed E-state index contributed by atoms with van der Waals surface area (Å²) in [6, 6.07) is 0. The van der Waals surface area contributed by atoms with Crippen LogP contribution in [0.25, 0.3) is 0 Å². The van der Waals surface area contributed by atoms with Gasteiger partial charge in [0.1, 0.15) is 12.9 Å². The first-order chi connectivity index (χ1) is 3.79. The predicted molar refractivity (Wildman–Crippen MR) is 26.2 cm³/mol. The molecule has 0 atom stereocenters. The minimum absolute atomic E-state index is 0.360. The van der Waals surface area contributed by atoms with E-state index < -0.39 is 6.16 Å². The molecule has 0 aromatic carbocycles. The van der Waals surface area contributed by atoms with E-state index in [1.54, 1.807) is 0 Å². The Morgan fingerprint density at radius 1 is 1.75 bits per heavy atom. The highest BCUT2D eigenvalue weighted by molar-refractivity contribution is 5.61. The molecule has 3 heteroatoms. The predicted octanol–water partition coefficient (Wildman–Crippen LogP) is 1.06. The maximum atomic E-state index is 10.1. The molecule has 0 saturated heterocycles. The molecule has 0 aromatic rings. The van der Waals surface area contributed by atoms with Crippen LogP contribution in [0.1, 0.15) is 6.92 Å². The molecule has 0 spiro atoms. The fourth-order valence-corrected chi connectivity index (χ4v) is 0.390. The van der Waals surface area contributed by atoms with Crippen molar-refractivity contribution in [2.45, 2.75) is 6.92 Å². The van der Waals surface area contributed by atoms with E-state index in [9.17, 15) is 4.79 Å². The second-order valence-electron chi connectivity index (χ2n) is 1.62. The minimum atomic E-state index is -0.615. The van der Waals surface area contributed by atoms with Gasteiger partial charge in [0.15, 0.2) is 0 Å². The Kier molecular flexibility index (Phi) is 1.20. The van der Waals surface area contributed by atoms with Gasteiger partial charge in [0, 0.05) is 0 Å². The van der Waals surface area contributed by atoms with Gasteiger partial charge in [0.25, 0.3) is 0 Å². The van der Waals surface area contributed by atoms with Crippen LogP contribution in [0, 0.1) is 0 Å². The smallest absolute Gasteiger partial charge is 0.429 e. The largest absolute Gasteiger partial charge is 0.513 e. The summed E-state index contributed by atoms with van der Waals surface area (Å²) in [5, 5.41) is 0. The third kappa shape index (κ3) is 0.992. The van der Waals surface area contributed by atoms with Crippen LogP contribution in [-0.2, 0) is 9.47 Å². The monoisotopic (exact) mass is 114 g/mol. The number of carbonyl (C=O) groups is 1. The fraction of sp³-hybridized carbons (Fsp3) is 0.400. The van der Waals surface area contributed by atoms with E-state index in [-0.39, 0.29) is 0 Å². The molecule has 0 N–H and O–H groups in total. The van der Waals surface area contributed by atoms with E-state index in [2.05, 4.69) is 9.47 Å². The standard InChI is InChI=1S/C5H6O3/c1-4-2-7-5(6)8-3-4/h2H,3H2,1H3. The van der Waals surface area contributed by atoms with Gasteiger partial charge in [0.2, 0.25) is 0 Å². The van der Waals surface area contributed by atoms with Gasteiger partial charge in [-0.25, -0.2) is 4.79 Å². The summed E-state index contributed by atoms with van der Waals surface area (Å²) in [4.78, 5) is 10.1. The summed E-state index contributed by atoms with van der Waals surface area (Å²) >= 11 is 0. The molecule has 44 valence electrons. The lowest BCUT2D eigenvalue weighted by Crippen LogP contribution is -2.11. The quantitative estimate of drug-likeness (QED) is 0.441. The van der Waals surface area contributed by atoms with Crippen LogP contribution in [0.5, 0.6) is 0 Å². The van der Waals surface area contributed by atoms with Crippen molar-refractivity contribution in [1.82, 2.24) is 0 Å². The zero-order valence-electron chi connectivity index (χ0n) is 4.51. The first-order valence-electron chi connectivity index (χ1n) is 2.28. The van der Waals surface area contributed by atoms with Crippen LogP contribution < -0.4 is 0 Å². The van der Waals surface area contributed by atoms with E-state index in [1.807, 2.05) is 6.92 Å². The lowest BCUT2D eigenvalue weighted by Gasteiger charge is -2.08. The molecule has 0 aromatic heterocycles. The van der Waals surface area contributed by atoms with Gasteiger partial charge in [-0.1, -0.05) is 0 Å². The normalized spacial score (nSPS) is 18.6. The molecule has 1 heterocycles. The molecule has 0 fully saturated rings. The van der Waals surface area contributed by atoms with Crippen molar-refractivity contribution in [3.05, 3.63) is 11.8 Å². The Balaban J connectivity index is 2.55. The highest BCUT2D eigenvalue weighted by atomic mass is 16.7. The fourth-order valence-electron chi connectivity index (χ4n) is 0.390. The van der Waals surface area contributed by atoms with Crippen molar-refractivity contribution >= 4 is 6.16 Å². The lowest BCUT2D eigenvalue weighted by atomic mass is 10.4. The molecule has 0 unspecified atom stereocenters. The van der Waals surface area contributed by atoms with Crippen LogP contribution in [0.4, 0.5) is 4.79 Å². The van der Waals surface area contributed by atoms with Gasteiger partial charge < -0.3 is 9.47 Å². The van der Waals surface area contributed by atoms with E-state index in [0.29, 0.717) is 6.61 Å². The van der Waals surface area contributed by atoms with Gasteiger partial charge in [-0.15, -0.1) is 0 Å². The number of ether oxygens (including phenoxy) is 2. The van der Waals surface area contributed by atoms with Gasteiger partial charge in [0.05, 0.1) is 0 Å². The Hall–Kier alpha value is -0.990. The Labute approximate surface area is 46.9 Å². The maximum Gasteiger partial charge on any atom is 0.513 e. The zero-order valence-corrected chi connectivity index (χ0v) is 4.51. The molecule has 1 rings (SSSR count). The van der Waals surface area contributed by atoms with Crippen molar-refractivity contribution < 1.29 is 14.3 Å².